The Kier molecular flexibility index (Phi) is 5.44. The van der Waals surface area contributed by atoms with Crippen LogP contribution in [-0.4, -0.2) is 47.1 Å². The zero-order valence-electron chi connectivity index (χ0n) is 11.1. The van der Waals surface area contributed by atoms with E-state index in [1.807, 2.05) is 0 Å². The first kappa shape index (κ1) is 15.3. The van der Waals surface area contributed by atoms with Gasteiger partial charge >= 0.3 is 12.1 Å². The van der Waals surface area contributed by atoms with Gasteiger partial charge in [-0.05, 0) is 33.6 Å². The fourth-order valence-corrected chi connectivity index (χ4v) is 1.95. The molecule has 18 heavy (non-hydrogen) atoms. The molecule has 0 bridgehead atoms. The summed E-state index contributed by atoms with van der Waals surface area (Å²) in [6.45, 7) is 6.28. The van der Waals surface area contributed by atoms with Crippen molar-refractivity contribution in [2.75, 3.05) is 18.5 Å². The molecule has 1 heterocycles. The lowest BCUT2D eigenvalue weighted by molar-refractivity contribution is -0.148. The van der Waals surface area contributed by atoms with Gasteiger partial charge in [0.05, 0.1) is 0 Å². The maximum Gasteiger partial charge on any atom is 0.411 e. The van der Waals surface area contributed by atoms with Crippen molar-refractivity contribution in [3.8, 4) is 0 Å². The van der Waals surface area contributed by atoms with Gasteiger partial charge in [-0.3, -0.25) is 4.90 Å². The number of halogens is 1. The molecule has 1 atom stereocenters. The molecule has 6 heteroatoms. The number of likely N-dealkylation sites (tertiary alicyclic amines) is 1. The Morgan fingerprint density at radius 1 is 1.39 bits per heavy atom. The van der Waals surface area contributed by atoms with Crippen LogP contribution in [0.4, 0.5) is 4.79 Å². The lowest BCUT2D eigenvalue weighted by Crippen LogP contribution is -2.44. The van der Waals surface area contributed by atoms with Crippen LogP contribution < -0.4 is 0 Å². The lowest BCUT2D eigenvalue weighted by atomic mass is 10.2. The van der Waals surface area contributed by atoms with Gasteiger partial charge in [-0.1, -0.05) is 15.9 Å². The number of hydrogen-bond donors (Lipinski definition) is 0. The van der Waals surface area contributed by atoms with Gasteiger partial charge in [-0.2, -0.15) is 0 Å². The summed E-state index contributed by atoms with van der Waals surface area (Å²) in [6, 6.07) is -0.501. The second kappa shape index (κ2) is 6.41. The Hall–Kier alpha value is -0.780. The zero-order valence-corrected chi connectivity index (χ0v) is 12.7. The van der Waals surface area contributed by atoms with Crippen molar-refractivity contribution in [2.45, 2.75) is 45.3 Å². The fraction of sp³-hybridized carbons (Fsp3) is 0.833. The van der Waals surface area contributed by atoms with Crippen molar-refractivity contribution in [3.63, 3.8) is 0 Å². The number of rotatable bonds is 3. The summed E-state index contributed by atoms with van der Waals surface area (Å²) < 4.78 is 10.3. The summed E-state index contributed by atoms with van der Waals surface area (Å²) in [5.74, 6) is -0.349. The highest BCUT2D eigenvalue weighted by molar-refractivity contribution is 9.09. The van der Waals surface area contributed by atoms with E-state index in [4.69, 9.17) is 9.47 Å². The van der Waals surface area contributed by atoms with Crippen molar-refractivity contribution in [3.05, 3.63) is 0 Å². The van der Waals surface area contributed by atoms with Gasteiger partial charge < -0.3 is 9.47 Å². The number of esters is 1. The number of alkyl halides is 1. The molecule has 0 aromatic rings. The Labute approximate surface area is 116 Å². The Morgan fingerprint density at radius 3 is 2.61 bits per heavy atom. The molecule has 0 N–H and O–H groups in total. The maximum atomic E-state index is 11.9. The van der Waals surface area contributed by atoms with Gasteiger partial charge in [0.1, 0.15) is 18.2 Å². The normalized spacial score (nSPS) is 19.8. The number of ether oxygens (including phenoxy) is 2. The van der Waals surface area contributed by atoms with Crippen LogP contribution in [0.3, 0.4) is 0 Å². The number of carbonyl (C=O) groups excluding carboxylic acids is 2. The van der Waals surface area contributed by atoms with E-state index in [1.54, 1.807) is 20.8 Å². The molecule has 1 rings (SSSR count). The van der Waals surface area contributed by atoms with Gasteiger partial charge in [-0.25, -0.2) is 9.59 Å². The number of amides is 1. The van der Waals surface area contributed by atoms with Crippen molar-refractivity contribution in [1.29, 1.82) is 0 Å². The van der Waals surface area contributed by atoms with Crippen molar-refractivity contribution >= 4 is 28.0 Å². The molecule has 1 saturated heterocycles. The summed E-state index contributed by atoms with van der Waals surface area (Å²) in [5, 5.41) is 0.595. The molecule has 1 amide bonds. The third-order valence-corrected chi connectivity index (χ3v) is 2.80. The Morgan fingerprint density at radius 2 is 2.06 bits per heavy atom. The molecule has 0 unspecified atom stereocenters. The standard InChI is InChI=1S/C12H20BrNO4/c1-12(2,3)18-11(16)14-7-4-5-9(14)10(15)17-8-6-13/h9H,4-8H2,1-3H3/t9-/m0/s1. The largest absolute Gasteiger partial charge is 0.463 e. The molecule has 0 aromatic carbocycles. The molecule has 104 valence electrons. The Balaban J connectivity index is 2.59. The average molecular weight is 322 g/mol. The van der Waals surface area contributed by atoms with Gasteiger partial charge in [0, 0.05) is 11.9 Å². The second-order valence-electron chi connectivity index (χ2n) is 5.19. The van der Waals surface area contributed by atoms with Gasteiger partial charge in [-0.15, -0.1) is 0 Å². The maximum absolute atomic E-state index is 11.9. The van der Waals surface area contributed by atoms with E-state index >= 15 is 0 Å². The van der Waals surface area contributed by atoms with Crippen LogP contribution in [0.1, 0.15) is 33.6 Å². The molecular formula is C12H20BrNO4. The highest BCUT2D eigenvalue weighted by Gasteiger charge is 2.37. The van der Waals surface area contributed by atoms with Crippen LogP contribution in [0, 0.1) is 0 Å². The summed E-state index contributed by atoms with van der Waals surface area (Å²) in [5.41, 5.74) is -0.552. The minimum Gasteiger partial charge on any atom is -0.463 e. The highest BCUT2D eigenvalue weighted by atomic mass is 79.9. The van der Waals surface area contributed by atoms with Crippen LogP contribution in [-0.2, 0) is 14.3 Å². The first-order chi connectivity index (χ1) is 8.35. The van der Waals surface area contributed by atoms with E-state index in [-0.39, 0.29) is 5.97 Å². The SMILES string of the molecule is CC(C)(C)OC(=O)N1CCC[C@H]1C(=O)OCCBr. The predicted molar refractivity (Wildman–Crippen MR) is 70.7 cm³/mol. The topological polar surface area (TPSA) is 55.8 Å². The van der Waals surface area contributed by atoms with E-state index in [0.29, 0.717) is 24.9 Å². The van der Waals surface area contributed by atoms with Crippen LogP contribution in [0.2, 0.25) is 0 Å². The molecule has 0 radical (unpaired) electrons. The van der Waals surface area contributed by atoms with E-state index in [2.05, 4.69) is 15.9 Å². The molecule has 0 spiro atoms. The molecule has 5 nitrogen and oxygen atoms in total. The quantitative estimate of drug-likeness (QED) is 0.591. The van der Waals surface area contributed by atoms with Crippen molar-refractivity contribution < 1.29 is 19.1 Å². The van der Waals surface area contributed by atoms with Gasteiger partial charge in [0.2, 0.25) is 0 Å². The second-order valence-corrected chi connectivity index (χ2v) is 5.98. The number of carbonyl (C=O) groups is 2. The molecule has 1 aliphatic rings. The molecule has 1 fully saturated rings. The lowest BCUT2D eigenvalue weighted by Gasteiger charge is -2.27. The van der Waals surface area contributed by atoms with Crippen molar-refractivity contribution in [1.82, 2.24) is 4.90 Å². The Bertz CT molecular complexity index is 314. The minimum absolute atomic E-state index is 0.317. The molecular weight excluding hydrogens is 302 g/mol. The molecule has 1 aliphatic heterocycles. The van der Waals surface area contributed by atoms with Crippen LogP contribution >= 0.6 is 15.9 Å². The first-order valence-corrected chi connectivity index (χ1v) is 7.19. The fourth-order valence-electron chi connectivity index (χ4n) is 1.79. The van der Waals surface area contributed by atoms with Gasteiger partial charge in [0.25, 0.3) is 0 Å². The van der Waals surface area contributed by atoms with E-state index in [9.17, 15) is 9.59 Å². The number of hydrogen-bond acceptors (Lipinski definition) is 4. The zero-order chi connectivity index (χ0) is 13.8. The van der Waals surface area contributed by atoms with Crippen LogP contribution in [0.5, 0.6) is 0 Å². The van der Waals surface area contributed by atoms with Crippen LogP contribution in [0.25, 0.3) is 0 Å². The third kappa shape index (κ3) is 4.48. The molecule has 0 aliphatic carbocycles. The van der Waals surface area contributed by atoms with Crippen LogP contribution in [0.15, 0.2) is 0 Å². The van der Waals surface area contributed by atoms with E-state index in [1.165, 1.54) is 4.90 Å². The minimum atomic E-state index is -0.552. The number of nitrogens with zero attached hydrogens (tertiary/aromatic N) is 1. The van der Waals surface area contributed by atoms with E-state index < -0.39 is 17.7 Å². The molecule has 0 aromatic heterocycles. The predicted octanol–water partition coefficient (Wildman–Crippen LogP) is 2.32. The first-order valence-electron chi connectivity index (χ1n) is 6.07. The van der Waals surface area contributed by atoms with Crippen molar-refractivity contribution in [2.24, 2.45) is 0 Å². The average Bonchev–Trinajstić information content (AvgIpc) is 2.72. The summed E-state index contributed by atoms with van der Waals surface area (Å²) >= 11 is 3.19. The summed E-state index contributed by atoms with van der Waals surface area (Å²) in [6.07, 6.45) is 0.994. The molecule has 0 saturated carbocycles. The van der Waals surface area contributed by atoms with E-state index in [0.717, 1.165) is 6.42 Å². The smallest absolute Gasteiger partial charge is 0.411 e. The summed E-state index contributed by atoms with van der Waals surface area (Å²) in [4.78, 5) is 25.2. The summed E-state index contributed by atoms with van der Waals surface area (Å²) in [7, 11) is 0. The monoisotopic (exact) mass is 321 g/mol. The highest BCUT2D eigenvalue weighted by Crippen LogP contribution is 2.21. The third-order valence-electron chi connectivity index (χ3n) is 2.47. The van der Waals surface area contributed by atoms with Gasteiger partial charge in [0.15, 0.2) is 0 Å².